The maximum atomic E-state index is 15.4. The van der Waals surface area contributed by atoms with Crippen molar-refractivity contribution in [2.45, 2.75) is 13.2 Å². The molecule has 1 heterocycles. The minimum atomic E-state index is -1.81. The van der Waals surface area contributed by atoms with E-state index in [9.17, 15) is 29.0 Å². The summed E-state index contributed by atoms with van der Waals surface area (Å²) in [5.41, 5.74) is 0.512. The second-order valence-corrected chi connectivity index (χ2v) is 9.19. The van der Waals surface area contributed by atoms with E-state index in [1.807, 2.05) is 0 Å². The van der Waals surface area contributed by atoms with Gasteiger partial charge in [0, 0.05) is 24.3 Å². The van der Waals surface area contributed by atoms with Crippen molar-refractivity contribution < 1.29 is 42.0 Å². The van der Waals surface area contributed by atoms with E-state index < -0.39 is 50.4 Å². The van der Waals surface area contributed by atoms with E-state index in [2.05, 4.69) is 4.98 Å². The monoisotopic (exact) mass is 619 g/mol. The summed E-state index contributed by atoms with van der Waals surface area (Å²) >= 11 is 0. The van der Waals surface area contributed by atoms with Crippen LogP contribution >= 0.6 is 0 Å². The van der Waals surface area contributed by atoms with E-state index in [0.717, 1.165) is 36.4 Å². The number of hydrogen-bond acceptors (Lipinski definition) is 9. The van der Waals surface area contributed by atoms with E-state index in [0.29, 0.717) is 11.1 Å². The highest BCUT2D eigenvalue weighted by Gasteiger charge is 2.26. The van der Waals surface area contributed by atoms with Crippen LogP contribution in [0.2, 0.25) is 0 Å². The van der Waals surface area contributed by atoms with Gasteiger partial charge >= 0.3 is 11.4 Å². The van der Waals surface area contributed by atoms with Gasteiger partial charge in [-0.25, -0.2) is 0 Å². The fraction of sp³-hybridized carbons (Fsp3) is 0.0645. The van der Waals surface area contributed by atoms with Gasteiger partial charge in [0.05, 0.1) is 9.85 Å². The van der Waals surface area contributed by atoms with E-state index in [1.54, 1.807) is 60.7 Å². The quantitative estimate of drug-likeness (QED) is 0.0771. The summed E-state index contributed by atoms with van der Waals surface area (Å²) in [6.07, 6.45) is 0. The zero-order valence-corrected chi connectivity index (χ0v) is 22.9. The zero-order chi connectivity index (χ0) is 31.9. The summed E-state index contributed by atoms with van der Waals surface area (Å²) in [6, 6.07) is 23.7. The molecule has 11 nitrogen and oxygen atoms in total. The van der Waals surface area contributed by atoms with Crippen LogP contribution in [0.1, 0.15) is 11.1 Å². The number of pyridine rings is 1. The topological polar surface area (TPSA) is 136 Å². The Morgan fingerprint density at radius 3 is 1.56 bits per heavy atom. The molecule has 0 atom stereocenters. The molecular formula is C31H20F3N3O8. The largest absolute Gasteiger partial charge is 0.482 e. The summed E-state index contributed by atoms with van der Waals surface area (Å²) in [7, 11) is 0. The van der Waals surface area contributed by atoms with Crippen LogP contribution in [-0.2, 0) is 13.2 Å². The fourth-order valence-electron chi connectivity index (χ4n) is 3.98. The number of ether oxygens (including phenoxy) is 4. The van der Waals surface area contributed by atoms with Crippen LogP contribution in [0.3, 0.4) is 0 Å². The summed E-state index contributed by atoms with van der Waals surface area (Å²) < 4.78 is 66.4. The summed E-state index contributed by atoms with van der Waals surface area (Å²) in [5, 5.41) is 23.0. The first-order chi connectivity index (χ1) is 21.7. The third kappa shape index (κ3) is 7.25. The molecule has 228 valence electrons. The Morgan fingerprint density at radius 2 is 1.09 bits per heavy atom. The van der Waals surface area contributed by atoms with Gasteiger partial charge in [-0.3, -0.25) is 20.2 Å². The molecular weight excluding hydrogens is 599 g/mol. The third-order valence-electron chi connectivity index (χ3n) is 6.13. The molecule has 0 bridgehead atoms. The Balaban J connectivity index is 1.41. The van der Waals surface area contributed by atoms with Crippen LogP contribution < -0.4 is 18.9 Å². The molecule has 0 spiro atoms. The van der Waals surface area contributed by atoms with Crippen LogP contribution in [-0.4, -0.2) is 14.8 Å². The molecule has 0 unspecified atom stereocenters. The van der Waals surface area contributed by atoms with Crippen molar-refractivity contribution in [3.8, 4) is 34.6 Å². The Morgan fingerprint density at radius 1 is 0.622 bits per heavy atom. The molecule has 0 aliphatic rings. The predicted octanol–water partition coefficient (Wildman–Crippen LogP) is 8.06. The van der Waals surface area contributed by atoms with E-state index >= 15 is 4.39 Å². The van der Waals surface area contributed by atoms with Gasteiger partial charge in [-0.15, -0.1) is 0 Å². The zero-order valence-electron chi connectivity index (χ0n) is 22.9. The second-order valence-electron chi connectivity index (χ2n) is 9.19. The molecule has 1 aromatic heterocycles. The number of halogens is 3. The van der Waals surface area contributed by atoms with Crippen molar-refractivity contribution in [1.29, 1.82) is 0 Å². The molecule has 0 saturated carbocycles. The molecule has 5 rings (SSSR count). The van der Waals surface area contributed by atoms with Gasteiger partial charge in [-0.1, -0.05) is 60.7 Å². The number of hydrogen-bond donors (Lipinski definition) is 0. The standard InChI is InChI=1S/C31H20F3N3O8/c32-27-29(44-21-11-13-23(36(38)39)25(15-21)42-17-19-7-3-1-4-8-19)28(33)31(35-30(27)34)45-22-12-14-24(37(40)41)26(16-22)43-18-20-9-5-2-6-10-20/h1-16H,17-18H2. The van der Waals surface area contributed by atoms with Gasteiger partial charge < -0.3 is 18.9 Å². The Kier molecular flexibility index (Phi) is 9.03. The van der Waals surface area contributed by atoms with Crippen molar-refractivity contribution in [3.05, 3.63) is 146 Å². The van der Waals surface area contributed by atoms with Crippen molar-refractivity contribution in [2.24, 2.45) is 0 Å². The molecule has 0 aliphatic heterocycles. The second kappa shape index (κ2) is 13.4. The van der Waals surface area contributed by atoms with E-state index in [-0.39, 0.29) is 36.2 Å². The fourth-order valence-corrected chi connectivity index (χ4v) is 3.98. The molecule has 14 heteroatoms. The van der Waals surface area contributed by atoms with Crippen molar-refractivity contribution in [3.63, 3.8) is 0 Å². The Labute approximate surface area is 252 Å². The van der Waals surface area contributed by atoms with Gasteiger partial charge in [0.2, 0.25) is 28.9 Å². The maximum absolute atomic E-state index is 15.4. The Hall–Kier alpha value is -6.18. The first-order valence-corrected chi connectivity index (χ1v) is 13.0. The average Bonchev–Trinajstić information content (AvgIpc) is 3.04. The number of benzene rings is 4. The lowest BCUT2D eigenvalue weighted by Crippen LogP contribution is -2.04. The van der Waals surface area contributed by atoms with Gasteiger partial charge in [0.1, 0.15) is 24.7 Å². The first-order valence-electron chi connectivity index (χ1n) is 13.0. The Bertz CT molecular complexity index is 1860. The number of aromatic nitrogens is 1. The molecule has 0 aliphatic carbocycles. The summed E-state index contributed by atoms with van der Waals surface area (Å²) in [4.78, 5) is 24.8. The molecule has 0 amide bonds. The van der Waals surface area contributed by atoms with Gasteiger partial charge in [0.15, 0.2) is 0 Å². The minimum Gasteiger partial charge on any atom is -0.482 e. The average molecular weight is 620 g/mol. The lowest BCUT2D eigenvalue weighted by Gasteiger charge is -2.14. The number of nitrogens with zero attached hydrogens (tertiary/aromatic N) is 3. The normalized spacial score (nSPS) is 10.6. The third-order valence-corrected chi connectivity index (χ3v) is 6.13. The van der Waals surface area contributed by atoms with Crippen molar-refractivity contribution in [2.75, 3.05) is 0 Å². The van der Waals surface area contributed by atoms with Gasteiger partial charge in [0.25, 0.3) is 11.8 Å². The van der Waals surface area contributed by atoms with Gasteiger partial charge in [-0.05, 0) is 23.3 Å². The summed E-state index contributed by atoms with van der Waals surface area (Å²) in [5.74, 6) is -8.58. The number of rotatable bonds is 12. The number of nitro benzene ring substituents is 2. The predicted molar refractivity (Wildman–Crippen MR) is 152 cm³/mol. The highest BCUT2D eigenvalue weighted by Crippen LogP contribution is 2.39. The molecule has 0 fully saturated rings. The first kappa shape index (κ1) is 30.3. The molecule has 4 aromatic carbocycles. The van der Waals surface area contributed by atoms with Crippen LogP contribution in [0, 0.1) is 37.8 Å². The minimum absolute atomic E-state index is 0.0484. The highest BCUT2D eigenvalue weighted by atomic mass is 19.2. The van der Waals surface area contributed by atoms with E-state index in [4.69, 9.17) is 18.9 Å². The van der Waals surface area contributed by atoms with E-state index in [1.165, 1.54) is 0 Å². The van der Waals surface area contributed by atoms with Gasteiger partial charge in [-0.2, -0.15) is 18.2 Å². The lowest BCUT2D eigenvalue weighted by molar-refractivity contribution is -0.386. The van der Waals surface area contributed by atoms with Crippen LogP contribution in [0.25, 0.3) is 0 Å². The summed E-state index contributed by atoms with van der Waals surface area (Å²) in [6.45, 7) is -0.116. The van der Waals surface area contributed by atoms with Crippen molar-refractivity contribution >= 4 is 11.4 Å². The molecule has 5 aromatic rings. The molecule has 45 heavy (non-hydrogen) atoms. The van der Waals surface area contributed by atoms with Crippen LogP contribution in [0.5, 0.6) is 34.6 Å². The SMILES string of the molecule is O=[N+]([O-])c1ccc(Oc2nc(F)c(F)c(Oc3ccc([N+](=O)[O-])c(OCc4ccccc4)c3)c2F)cc1OCc1ccccc1. The maximum Gasteiger partial charge on any atom is 0.311 e. The molecule has 0 saturated heterocycles. The van der Waals surface area contributed by atoms with Crippen molar-refractivity contribution in [1.82, 2.24) is 4.98 Å². The molecule has 0 radical (unpaired) electrons. The number of nitro groups is 2. The molecule has 0 N–H and O–H groups in total. The smallest absolute Gasteiger partial charge is 0.311 e. The van der Waals surface area contributed by atoms with Crippen LogP contribution in [0.15, 0.2) is 97.1 Å². The lowest BCUT2D eigenvalue weighted by atomic mass is 10.2. The van der Waals surface area contributed by atoms with Crippen LogP contribution in [0.4, 0.5) is 24.5 Å². The highest BCUT2D eigenvalue weighted by molar-refractivity contribution is 5.53.